The zero-order valence-corrected chi connectivity index (χ0v) is 21.7. The van der Waals surface area contributed by atoms with Crippen LogP contribution in [-0.2, 0) is 16.0 Å². The van der Waals surface area contributed by atoms with Crippen LogP contribution in [0.4, 0.5) is 11.5 Å². The number of carbonyl (C=O) groups excluding carboxylic acids is 2. The van der Waals surface area contributed by atoms with Gasteiger partial charge in [0.1, 0.15) is 12.1 Å². The van der Waals surface area contributed by atoms with Crippen LogP contribution in [0.15, 0.2) is 49.1 Å². The zero-order valence-electron chi connectivity index (χ0n) is 21.7. The largest absolute Gasteiger partial charge is 0.388 e. The number of pyridine rings is 1. The van der Waals surface area contributed by atoms with E-state index < -0.39 is 0 Å². The number of amides is 1. The van der Waals surface area contributed by atoms with E-state index in [2.05, 4.69) is 39.2 Å². The molecule has 3 rings (SSSR count). The highest BCUT2D eigenvalue weighted by Crippen LogP contribution is 2.16. The number of morpholine rings is 1. The number of aromatic nitrogens is 1. The van der Waals surface area contributed by atoms with Crippen LogP contribution in [0.1, 0.15) is 49.3 Å². The van der Waals surface area contributed by atoms with Crippen LogP contribution >= 0.6 is 0 Å². The molecule has 1 saturated heterocycles. The number of benzene rings is 1. The number of aldehydes is 1. The van der Waals surface area contributed by atoms with E-state index in [-0.39, 0.29) is 5.91 Å². The molecular weight excluding hydrogens is 428 g/mol. The van der Waals surface area contributed by atoms with Crippen LogP contribution in [-0.4, -0.2) is 57.1 Å². The molecule has 1 amide bonds. The SMILES string of the molecule is C=CC=O.CC.CC.CNc1ccc(CCNC(=O)c2cc(C)nc(N3CCOCC3)c2)cc1. The number of rotatable bonds is 7. The number of nitrogens with zero attached hydrogens (tertiary/aromatic N) is 2. The van der Waals surface area contributed by atoms with E-state index in [0.717, 1.165) is 36.7 Å². The van der Waals surface area contributed by atoms with Crippen molar-refractivity contribution < 1.29 is 14.3 Å². The summed E-state index contributed by atoms with van der Waals surface area (Å²) >= 11 is 0. The molecule has 0 spiro atoms. The second kappa shape index (κ2) is 19.3. The fraction of sp³-hybridized carbons (Fsp3) is 0.444. The van der Waals surface area contributed by atoms with Gasteiger partial charge in [0.05, 0.1) is 13.2 Å². The maximum Gasteiger partial charge on any atom is 0.251 e. The summed E-state index contributed by atoms with van der Waals surface area (Å²) in [6.07, 6.45) is 2.64. The lowest BCUT2D eigenvalue weighted by Crippen LogP contribution is -2.37. The number of allylic oxidation sites excluding steroid dienone is 1. The minimum absolute atomic E-state index is 0.0585. The number of hydrogen-bond acceptors (Lipinski definition) is 6. The molecule has 0 atom stereocenters. The molecule has 0 unspecified atom stereocenters. The van der Waals surface area contributed by atoms with E-state index in [1.807, 2.05) is 65.9 Å². The average Bonchev–Trinajstić information content (AvgIpc) is 2.91. The van der Waals surface area contributed by atoms with Crippen molar-refractivity contribution in [2.75, 3.05) is 50.1 Å². The summed E-state index contributed by atoms with van der Waals surface area (Å²) in [5.41, 5.74) is 3.79. The number of anilines is 2. The van der Waals surface area contributed by atoms with Gasteiger partial charge in [-0.1, -0.05) is 46.4 Å². The summed E-state index contributed by atoms with van der Waals surface area (Å²) in [7, 11) is 1.90. The first kappa shape index (κ1) is 30.8. The molecule has 34 heavy (non-hydrogen) atoms. The van der Waals surface area contributed by atoms with Crippen molar-refractivity contribution in [1.82, 2.24) is 10.3 Å². The van der Waals surface area contributed by atoms with Crippen LogP contribution in [0.25, 0.3) is 0 Å². The molecule has 2 heterocycles. The first-order valence-electron chi connectivity index (χ1n) is 12.0. The normalized spacial score (nSPS) is 11.8. The van der Waals surface area contributed by atoms with E-state index in [4.69, 9.17) is 9.53 Å². The predicted octanol–water partition coefficient (Wildman–Crippen LogP) is 4.66. The smallest absolute Gasteiger partial charge is 0.251 e. The fourth-order valence-corrected chi connectivity index (χ4v) is 3.00. The van der Waals surface area contributed by atoms with E-state index in [0.29, 0.717) is 31.6 Å². The standard InChI is InChI=1S/C20H26N4O2.C3H4O.2C2H6/c1-15-13-17(14-19(23-15)24-9-11-26-12-10-24)20(25)22-8-7-16-3-5-18(21-2)6-4-16;1-2-3-4;2*1-2/h3-6,13-14,21H,7-12H2,1-2H3,(H,22,25);2-3H,1H2;2*1-2H3. The number of nitrogens with one attached hydrogen (secondary N) is 2. The van der Waals surface area contributed by atoms with Gasteiger partial charge in [-0.25, -0.2) is 4.98 Å². The van der Waals surface area contributed by atoms with Crippen molar-refractivity contribution in [3.63, 3.8) is 0 Å². The van der Waals surface area contributed by atoms with Gasteiger partial charge in [0.25, 0.3) is 5.91 Å². The minimum Gasteiger partial charge on any atom is -0.388 e. The molecule has 7 nitrogen and oxygen atoms in total. The molecular formula is C27H42N4O3. The van der Waals surface area contributed by atoms with Crippen LogP contribution < -0.4 is 15.5 Å². The van der Waals surface area contributed by atoms with E-state index in [9.17, 15) is 4.79 Å². The maximum absolute atomic E-state index is 12.5. The molecule has 0 saturated carbocycles. The molecule has 0 radical (unpaired) electrons. The molecule has 0 aliphatic carbocycles. The Morgan fingerprint density at radius 1 is 1.12 bits per heavy atom. The average molecular weight is 471 g/mol. The van der Waals surface area contributed by atoms with Crippen molar-refractivity contribution in [2.45, 2.75) is 41.0 Å². The Bertz CT molecular complexity index is 826. The topological polar surface area (TPSA) is 83.6 Å². The Labute approximate surface area is 205 Å². The molecule has 1 fully saturated rings. The molecule has 1 aromatic carbocycles. The highest BCUT2D eigenvalue weighted by atomic mass is 16.5. The van der Waals surface area contributed by atoms with Crippen LogP contribution in [0.5, 0.6) is 0 Å². The van der Waals surface area contributed by atoms with E-state index >= 15 is 0 Å². The molecule has 1 aliphatic rings. The molecule has 1 aromatic heterocycles. The van der Waals surface area contributed by atoms with Gasteiger partial charge in [-0.15, -0.1) is 0 Å². The van der Waals surface area contributed by atoms with Gasteiger partial charge in [-0.3, -0.25) is 9.59 Å². The number of carbonyl (C=O) groups is 2. The fourth-order valence-electron chi connectivity index (χ4n) is 3.00. The van der Waals surface area contributed by atoms with Gasteiger partial charge in [0, 0.05) is 43.6 Å². The zero-order chi connectivity index (χ0) is 25.8. The van der Waals surface area contributed by atoms with Gasteiger partial charge in [0.15, 0.2) is 0 Å². The quantitative estimate of drug-likeness (QED) is 0.452. The second-order valence-electron chi connectivity index (χ2n) is 6.78. The summed E-state index contributed by atoms with van der Waals surface area (Å²) in [5, 5.41) is 6.11. The van der Waals surface area contributed by atoms with Crippen LogP contribution in [0, 0.1) is 6.92 Å². The van der Waals surface area contributed by atoms with Crippen LogP contribution in [0.3, 0.4) is 0 Å². The third-order valence-electron chi connectivity index (χ3n) is 4.58. The third kappa shape index (κ3) is 11.6. The lowest BCUT2D eigenvalue weighted by atomic mass is 10.1. The van der Waals surface area contributed by atoms with Gasteiger partial charge in [0.2, 0.25) is 0 Å². The van der Waals surface area contributed by atoms with Gasteiger partial charge in [-0.05, 0) is 49.2 Å². The number of hydrogen-bond donors (Lipinski definition) is 2. The summed E-state index contributed by atoms with van der Waals surface area (Å²) < 4.78 is 5.39. The minimum atomic E-state index is -0.0585. The first-order valence-corrected chi connectivity index (χ1v) is 12.0. The highest BCUT2D eigenvalue weighted by Gasteiger charge is 2.15. The molecule has 2 N–H and O–H groups in total. The highest BCUT2D eigenvalue weighted by molar-refractivity contribution is 5.95. The van der Waals surface area contributed by atoms with Crippen LogP contribution in [0.2, 0.25) is 0 Å². The maximum atomic E-state index is 12.5. The predicted molar refractivity (Wildman–Crippen MR) is 143 cm³/mol. The van der Waals surface area contributed by atoms with Gasteiger partial charge >= 0.3 is 0 Å². The Hall–Kier alpha value is -3.19. The Kier molecular flexibility index (Phi) is 17.5. The number of ether oxygens (including phenoxy) is 1. The van der Waals surface area contributed by atoms with Crippen molar-refractivity contribution in [3.8, 4) is 0 Å². The van der Waals surface area contributed by atoms with Crippen molar-refractivity contribution >= 4 is 23.7 Å². The lowest BCUT2D eigenvalue weighted by molar-refractivity contribution is -0.104. The summed E-state index contributed by atoms with van der Waals surface area (Å²) in [6.45, 7) is 16.6. The molecule has 2 aromatic rings. The van der Waals surface area contributed by atoms with Crippen molar-refractivity contribution in [1.29, 1.82) is 0 Å². The third-order valence-corrected chi connectivity index (χ3v) is 4.58. The summed E-state index contributed by atoms with van der Waals surface area (Å²) in [6, 6.07) is 11.9. The first-order chi connectivity index (χ1) is 16.6. The lowest BCUT2D eigenvalue weighted by Gasteiger charge is -2.28. The summed E-state index contributed by atoms with van der Waals surface area (Å²) in [4.78, 5) is 28.3. The number of aryl methyl sites for hydroxylation is 1. The molecule has 188 valence electrons. The van der Waals surface area contributed by atoms with E-state index in [1.54, 1.807) is 0 Å². The monoisotopic (exact) mass is 470 g/mol. The van der Waals surface area contributed by atoms with Crippen molar-refractivity contribution in [2.24, 2.45) is 0 Å². The van der Waals surface area contributed by atoms with Gasteiger partial charge < -0.3 is 20.3 Å². The Morgan fingerprint density at radius 3 is 2.24 bits per heavy atom. The van der Waals surface area contributed by atoms with E-state index in [1.165, 1.54) is 11.6 Å². The van der Waals surface area contributed by atoms with Crippen molar-refractivity contribution in [3.05, 3.63) is 65.9 Å². The summed E-state index contributed by atoms with van der Waals surface area (Å²) in [5.74, 6) is 0.790. The van der Waals surface area contributed by atoms with Gasteiger partial charge in [-0.2, -0.15) is 0 Å². The Balaban J connectivity index is 0.00000121. The molecule has 7 heteroatoms. The second-order valence-corrected chi connectivity index (χ2v) is 6.78. The molecule has 0 bridgehead atoms. The molecule has 1 aliphatic heterocycles. The Morgan fingerprint density at radius 2 is 1.71 bits per heavy atom.